The topological polar surface area (TPSA) is 53.1 Å². The van der Waals surface area contributed by atoms with Crippen LogP contribution in [0.3, 0.4) is 0 Å². The van der Waals surface area contributed by atoms with Crippen LogP contribution in [0.2, 0.25) is 0 Å². The van der Waals surface area contributed by atoms with Crippen LogP contribution in [0.5, 0.6) is 0 Å². The van der Waals surface area contributed by atoms with Crippen LogP contribution in [0.15, 0.2) is 0 Å². The fourth-order valence-electron chi connectivity index (χ4n) is 2.56. The second-order valence-corrected chi connectivity index (χ2v) is 4.86. The maximum absolute atomic E-state index is 5.76. The molecule has 1 unspecified atom stereocenters. The van der Waals surface area contributed by atoms with E-state index in [0.717, 1.165) is 31.7 Å². The molecule has 1 aromatic heterocycles. The average molecular weight is 237 g/mol. The normalized spacial score (nSPS) is 20.8. The van der Waals surface area contributed by atoms with E-state index >= 15 is 0 Å². The molecule has 0 saturated carbocycles. The highest BCUT2D eigenvalue weighted by atomic mass is 16.5. The molecule has 17 heavy (non-hydrogen) atoms. The van der Waals surface area contributed by atoms with E-state index in [0.29, 0.717) is 12.6 Å². The molecule has 0 aliphatic carbocycles. The first kappa shape index (κ1) is 12.6. The minimum absolute atomic E-state index is 0.340. The van der Waals surface area contributed by atoms with E-state index in [1.54, 1.807) is 0 Å². The van der Waals surface area contributed by atoms with Crippen molar-refractivity contribution < 1.29 is 4.74 Å². The molecule has 2 heterocycles. The minimum Gasteiger partial charge on any atom is -0.376 e. The second-order valence-electron chi connectivity index (χ2n) is 4.86. The highest BCUT2D eigenvalue weighted by molar-refractivity contribution is 5.24. The molecule has 0 amide bonds. The first-order chi connectivity index (χ1) is 8.22. The van der Waals surface area contributed by atoms with Gasteiger partial charge in [-0.3, -0.25) is 4.68 Å². The molecule has 1 aromatic rings. The molecule has 1 atom stereocenters. The predicted molar refractivity (Wildman–Crippen MR) is 68.1 cm³/mol. The summed E-state index contributed by atoms with van der Waals surface area (Å²) < 4.78 is 7.85. The van der Waals surface area contributed by atoms with Crippen molar-refractivity contribution in [3.8, 4) is 0 Å². The van der Waals surface area contributed by atoms with Gasteiger partial charge in [-0.2, -0.15) is 5.10 Å². The highest BCUT2D eigenvalue weighted by Crippen LogP contribution is 2.18. The van der Waals surface area contributed by atoms with E-state index in [9.17, 15) is 0 Å². The van der Waals surface area contributed by atoms with Gasteiger partial charge in [0.15, 0.2) is 0 Å². The zero-order chi connectivity index (χ0) is 12.3. The Morgan fingerprint density at radius 3 is 2.88 bits per heavy atom. The summed E-state index contributed by atoms with van der Waals surface area (Å²) in [6, 6.07) is 0. The second kappa shape index (κ2) is 5.65. The Labute approximate surface area is 103 Å². The van der Waals surface area contributed by atoms with Gasteiger partial charge >= 0.3 is 0 Å². The number of aromatic nitrogens is 2. The fourth-order valence-corrected chi connectivity index (χ4v) is 2.56. The summed E-state index contributed by atoms with van der Waals surface area (Å²) >= 11 is 0. The molecule has 1 aliphatic heterocycles. The lowest BCUT2D eigenvalue weighted by Gasteiger charge is -2.23. The summed E-state index contributed by atoms with van der Waals surface area (Å²) in [5.74, 6) is 0. The molecule has 1 fully saturated rings. The molecular formula is C13H23N3O. The van der Waals surface area contributed by atoms with E-state index in [1.807, 2.05) is 0 Å². The van der Waals surface area contributed by atoms with Crippen molar-refractivity contribution in [3.05, 3.63) is 17.0 Å². The molecule has 2 rings (SSSR count). The van der Waals surface area contributed by atoms with Gasteiger partial charge in [-0.1, -0.05) is 0 Å². The summed E-state index contributed by atoms with van der Waals surface area (Å²) in [6.07, 6.45) is 4.90. The van der Waals surface area contributed by atoms with Gasteiger partial charge in [0.05, 0.1) is 18.3 Å². The summed E-state index contributed by atoms with van der Waals surface area (Å²) in [5, 5.41) is 4.60. The van der Waals surface area contributed by atoms with Crippen LogP contribution in [0.25, 0.3) is 0 Å². The van der Waals surface area contributed by atoms with Crippen molar-refractivity contribution in [3.63, 3.8) is 0 Å². The van der Waals surface area contributed by atoms with Gasteiger partial charge in [0.25, 0.3) is 0 Å². The largest absolute Gasteiger partial charge is 0.376 e. The van der Waals surface area contributed by atoms with Crippen LogP contribution in [-0.2, 0) is 17.7 Å². The molecule has 96 valence electrons. The van der Waals surface area contributed by atoms with Gasteiger partial charge in [-0.05, 0) is 51.6 Å². The summed E-state index contributed by atoms with van der Waals surface area (Å²) in [4.78, 5) is 0. The third-order valence-corrected chi connectivity index (χ3v) is 3.58. The number of rotatable bonds is 4. The average Bonchev–Trinajstić information content (AvgIpc) is 2.59. The summed E-state index contributed by atoms with van der Waals surface area (Å²) in [5.41, 5.74) is 9.31. The van der Waals surface area contributed by atoms with Crippen molar-refractivity contribution in [2.75, 3.05) is 13.2 Å². The molecule has 4 nitrogen and oxygen atoms in total. The van der Waals surface area contributed by atoms with Crippen molar-refractivity contribution in [1.82, 2.24) is 9.78 Å². The van der Waals surface area contributed by atoms with Crippen LogP contribution in [0, 0.1) is 13.8 Å². The SMILES string of the molecule is Cc1nn(CC2CCCCO2)c(C)c1CCN. The highest BCUT2D eigenvalue weighted by Gasteiger charge is 2.17. The molecule has 1 saturated heterocycles. The maximum Gasteiger partial charge on any atom is 0.0771 e. The third kappa shape index (κ3) is 2.87. The fraction of sp³-hybridized carbons (Fsp3) is 0.769. The number of ether oxygens (including phenoxy) is 1. The molecular weight excluding hydrogens is 214 g/mol. The Bertz CT molecular complexity index is 367. The van der Waals surface area contributed by atoms with E-state index in [1.165, 1.54) is 24.1 Å². The Morgan fingerprint density at radius 2 is 2.24 bits per heavy atom. The van der Waals surface area contributed by atoms with Gasteiger partial charge in [-0.15, -0.1) is 0 Å². The Morgan fingerprint density at radius 1 is 1.41 bits per heavy atom. The van der Waals surface area contributed by atoms with E-state index in [2.05, 4.69) is 23.6 Å². The standard InChI is InChI=1S/C13H23N3O/c1-10-13(6-7-14)11(2)16(15-10)9-12-5-3-4-8-17-12/h12H,3-9,14H2,1-2H3. The smallest absolute Gasteiger partial charge is 0.0771 e. The third-order valence-electron chi connectivity index (χ3n) is 3.58. The molecule has 0 aromatic carbocycles. The van der Waals surface area contributed by atoms with Gasteiger partial charge in [-0.25, -0.2) is 0 Å². The number of aryl methyl sites for hydroxylation is 1. The molecule has 2 N–H and O–H groups in total. The summed E-state index contributed by atoms with van der Waals surface area (Å²) in [7, 11) is 0. The number of nitrogens with two attached hydrogens (primary N) is 1. The van der Waals surface area contributed by atoms with Crippen LogP contribution < -0.4 is 5.73 Å². The monoisotopic (exact) mass is 237 g/mol. The Kier molecular flexibility index (Phi) is 4.18. The zero-order valence-corrected chi connectivity index (χ0v) is 10.9. The lowest BCUT2D eigenvalue weighted by atomic mass is 10.1. The van der Waals surface area contributed by atoms with Crippen LogP contribution in [-0.4, -0.2) is 29.0 Å². The van der Waals surface area contributed by atoms with Crippen molar-refractivity contribution >= 4 is 0 Å². The van der Waals surface area contributed by atoms with Crippen molar-refractivity contribution in [2.45, 2.75) is 52.2 Å². The van der Waals surface area contributed by atoms with Crippen LogP contribution in [0.4, 0.5) is 0 Å². The first-order valence-electron chi connectivity index (χ1n) is 6.57. The zero-order valence-electron chi connectivity index (χ0n) is 10.9. The predicted octanol–water partition coefficient (Wildman–Crippen LogP) is 1.57. The lowest BCUT2D eigenvalue weighted by molar-refractivity contribution is 0.00360. The van der Waals surface area contributed by atoms with Gasteiger partial charge in [0, 0.05) is 12.3 Å². The van der Waals surface area contributed by atoms with Gasteiger partial charge < -0.3 is 10.5 Å². The van der Waals surface area contributed by atoms with Crippen LogP contribution in [0.1, 0.15) is 36.2 Å². The number of hydrogen-bond acceptors (Lipinski definition) is 3. The minimum atomic E-state index is 0.340. The lowest BCUT2D eigenvalue weighted by Crippen LogP contribution is -2.25. The molecule has 0 spiro atoms. The Hall–Kier alpha value is -0.870. The van der Waals surface area contributed by atoms with E-state index in [4.69, 9.17) is 10.5 Å². The maximum atomic E-state index is 5.76. The van der Waals surface area contributed by atoms with Crippen molar-refractivity contribution in [1.29, 1.82) is 0 Å². The van der Waals surface area contributed by atoms with E-state index < -0.39 is 0 Å². The van der Waals surface area contributed by atoms with Crippen molar-refractivity contribution in [2.24, 2.45) is 5.73 Å². The number of hydrogen-bond donors (Lipinski definition) is 1. The number of nitrogens with zero attached hydrogens (tertiary/aromatic N) is 2. The van der Waals surface area contributed by atoms with E-state index in [-0.39, 0.29) is 0 Å². The van der Waals surface area contributed by atoms with Gasteiger partial charge in [0.2, 0.25) is 0 Å². The molecule has 0 radical (unpaired) electrons. The Balaban J connectivity index is 2.07. The first-order valence-corrected chi connectivity index (χ1v) is 6.57. The quantitative estimate of drug-likeness (QED) is 0.865. The van der Waals surface area contributed by atoms with Crippen LogP contribution >= 0.6 is 0 Å². The molecule has 1 aliphatic rings. The van der Waals surface area contributed by atoms with Gasteiger partial charge in [0.1, 0.15) is 0 Å². The molecule has 0 bridgehead atoms. The summed E-state index contributed by atoms with van der Waals surface area (Å²) in [6.45, 7) is 6.67. The molecule has 4 heteroatoms.